The number of hydrogen-bond donors (Lipinski definition) is 1. The third-order valence-electron chi connectivity index (χ3n) is 4.59. The smallest absolute Gasteiger partial charge is 0.164 e. The highest BCUT2D eigenvalue weighted by Gasteiger charge is 2.11. The van der Waals surface area contributed by atoms with Crippen molar-refractivity contribution in [3.63, 3.8) is 0 Å². The lowest BCUT2D eigenvalue weighted by Gasteiger charge is -2.22. The summed E-state index contributed by atoms with van der Waals surface area (Å²) in [6.45, 7) is 9.88. The molecule has 0 bridgehead atoms. The van der Waals surface area contributed by atoms with Gasteiger partial charge >= 0.3 is 0 Å². The number of methoxy groups -OCH3 is 3. The third kappa shape index (κ3) is 10.6. The maximum absolute atomic E-state index is 5.49. The van der Waals surface area contributed by atoms with Crippen LogP contribution < -0.4 is 19.5 Å². The molecule has 0 unspecified atom stereocenters. The molecule has 0 heterocycles. The van der Waals surface area contributed by atoms with Gasteiger partial charge in [0.15, 0.2) is 11.5 Å². The van der Waals surface area contributed by atoms with Crippen molar-refractivity contribution < 1.29 is 14.2 Å². The fourth-order valence-electron chi connectivity index (χ4n) is 2.98. The molecule has 0 radical (unpaired) electrons. The second-order valence-corrected chi connectivity index (χ2v) is 6.60. The first-order chi connectivity index (χ1) is 12.7. The number of nitrogens with one attached hydrogen (secondary N) is 1. The van der Waals surface area contributed by atoms with Crippen LogP contribution in [0.1, 0.15) is 51.5 Å². The molecule has 1 rings (SSSR count). The van der Waals surface area contributed by atoms with E-state index >= 15 is 0 Å². The number of rotatable bonds is 15. The summed E-state index contributed by atoms with van der Waals surface area (Å²) in [5.74, 6) is 2.24. The molecule has 0 fully saturated rings. The summed E-state index contributed by atoms with van der Waals surface area (Å²) >= 11 is 0. The molecule has 166 valence electrons. The van der Waals surface area contributed by atoms with Crippen LogP contribution in [0.2, 0.25) is 0 Å². The second-order valence-electron chi connectivity index (χ2n) is 6.60. The average molecular weight is 439 g/mol. The van der Waals surface area contributed by atoms with E-state index in [-0.39, 0.29) is 24.8 Å². The fourth-order valence-corrected chi connectivity index (χ4v) is 2.98. The van der Waals surface area contributed by atoms with Crippen molar-refractivity contribution in [2.75, 3.05) is 47.5 Å². The molecule has 0 saturated heterocycles. The predicted molar refractivity (Wildman–Crippen MR) is 123 cm³/mol. The van der Waals surface area contributed by atoms with Crippen LogP contribution in [-0.4, -0.2) is 52.4 Å². The quantitative estimate of drug-likeness (QED) is 0.392. The van der Waals surface area contributed by atoms with Crippen LogP contribution in [0.25, 0.3) is 0 Å². The lowest BCUT2D eigenvalue weighted by atomic mass is 10.1. The average Bonchev–Trinajstić information content (AvgIpc) is 2.68. The summed E-state index contributed by atoms with van der Waals surface area (Å²) in [4.78, 5) is 2.60. The molecule has 7 heteroatoms. The maximum Gasteiger partial charge on any atom is 0.164 e. The zero-order valence-electron chi connectivity index (χ0n) is 18.2. The highest BCUT2D eigenvalue weighted by atomic mass is 35.5. The molecule has 0 atom stereocenters. The molecule has 1 aromatic rings. The van der Waals surface area contributed by atoms with Crippen LogP contribution in [-0.2, 0) is 6.54 Å². The standard InChI is InChI=1S/C21H38N2O3.2ClH/c1-6-8-12-23(13-9-7-2)14-10-11-22-17-18-15-20(25-4)21(26-5)16-19(18)24-3;;/h15-16,22H,6-14,17H2,1-5H3;2*1H. The Kier molecular flexibility index (Phi) is 19.0. The molecule has 5 nitrogen and oxygen atoms in total. The van der Waals surface area contributed by atoms with Crippen LogP contribution in [0.15, 0.2) is 12.1 Å². The van der Waals surface area contributed by atoms with E-state index in [1.807, 2.05) is 12.1 Å². The Balaban J connectivity index is 0. The topological polar surface area (TPSA) is 43.0 Å². The Morgan fingerprint density at radius 1 is 0.750 bits per heavy atom. The molecule has 1 aromatic carbocycles. The first-order valence-electron chi connectivity index (χ1n) is 9.92. The molecule has 0 spiro atoms. The summed E-state index contributed by atoms with van der Waals surface area (Å²) in [5, 5.41) is 3.53. The van der Waals surface area contributed by atoms with E-state index in [2.05, 4.69) is 24.1 Å². The van der Waals surface area contributed by atoms with Gasteiger partial charge in [0.2, 0.25) is 0 Å². The van der Waals surface area contributed by atoms with Gasteiger partial charge in [-0.15, -0.1) is 24.8 Å². The molecular weight excluding hydrogens is 399 g/mol. The number of hydrogen-bond acceptors (Lipinski definition) is 5. The van der Waals surface area contributed by atoms with E-state index in [0.29, 0.717) is 5.75 Å². The van der Waals surface area contributed by atoms with Gasteiger partial charge < -0.3 is 24.4 Å². The van der Waals surface area contributed by atoms with E-state index in [4.69, 9.17) is 14.2 Å². The van der Waals surface area contributed by atoms with Crippen LogP contribution in [0.3, 0.4) is 0 Å². The Morgan fingerprint density at radius 2 is 1.25 bits per heavy atom. The SMILES string of the molecule is CCCCN(CCCC)CCCNCc1cc(OC)c(OC)cc1OC.Cl.Cl. The van der Waals surface area contributed by atoms with Gasteiger partial charge in [0.1, 0.15) is 5.75 Å². The molecule has 0 aromatic heterocycles. The van der Waals surface area contributed by atoms with Gasteiger partial charge in [-0.1, -0.05) is 26.7 Å². The first-order valence-corrected chi connectivity index (χ1v) is 9.92. The molecule has 0 aliphatic rings. The van der Waals surface area contributed by atoms with Crippen molar-refractivity contribution in [3.05, 3.63) is 17.7 Å². The Labute approximate surface area is 184 Å². The molecule has 0 aliphatic heterocycles. The molecule has 0 amide bonds. The molecule has 1 N–H and O–H groups in total. The number of unbranched alkanes of at least 4 members (excludes halogenated alkanes) is 2. The summed E-state index contributed by atoms with van der Waals surface area (Å²) in [7, 11) is 4.98. The Hall–Kier alpha value is -0.880. The highest BCUT2D eigenvalue weighted by Crippen LogP contribution is 2.34. The molecular formula is C21H40Cl2N2O3. The monoisotopic (exact) mass is 438 g/mol. The van der Waals surface area contributed by atoms with E-state index < -0.39 is 0 Å². The first kappa shape index (κ1) is 29.3. The number of nitrogens with zero attached hydrogens (tertiary/aromatic N) is 1. The lowest BCUT2D eigenvalue weighted by Crippen LogP contribution is -2.29. The van der Waals surface area contributed by atoms with Crippen LogP contribution in [0.4, 0.5) is 0 Å². The van der Waals surface area contributed by atoms with Gasteiger partial charge in [0, 0.05) is 18.2 Å². The number of halogens is 2. The Morgan fingerprint density at radius 3 is 1.75 bits per heavy atom. The summed E-state index contributed by atoms with van der Waals surface area (Å²) in [6.07, 6.45) is 6.27. The molecule has 0 aliphatic carbocycles. The minimum atomic E-state index is 0. The number of ether oxygens (including phenoxy) is 3. The van der Waals surface area contributed by atoms with Crippen molar-refractivity contribution in [1.82, 2.24) is 10.2 Å². The Bertz CT molecular complexity index is 497. The fraction of sp³-hybridized carbons (Fsp3) is 0.714. The van der Waals surface area contributed by atoms with E-state index in [9.17, 15) is 0 Å². The summed E-state index contributed by atoms with van der Waals surface area (Å²) in [6, 6.07) is 3.87. The van der Waals surface area contributed by atoms with Gasteiger partial charge in [0.05, 0.1) is 21.3 Å². The van der Waals surface area contributed by atoms with E-state index in [0.717, 1.165) is 43.1 Å². The molecule has 28 heavy (non-hydrogen) atoms. The zero-order chi connectivity index (χ0) is 19.2. The minimum absolute atomic E-state index is 0. The lowest BCUT2D eigenvalue weighted by molar-refractivity contribution is 0.261. The highest BCUT2D eigenvalue weighted by molar-refractivity contribution is 5.85. The summed E-state index contributed by atoms with van der Waals surface area (Å²) < 4.78 is 16.2. The van der Waals surface area contributed by atoms with Crippen LogP contribution in [0.5, 0.6) is 17.2 Å². The largest absolute Gasteiger partial charge is 0.496 e. The van der Waals surface area contributed by atoms with Crippen LogP contribution >= 0.6 is 24.8 Å². The van der Waals surface area contributed by atoms with Crippen molar-refractivity contribution in [2.24, 2.45) is 0 Å². The predicted octanol–water partition coefficient (Wildman–Crippen LogP) is 4.94. The van der Waals surface area contributed by atoms with Crippen molar-refractivity contribution >= 4 is 24.8 Å². The van der Waals surface area contributed by atoms with Gasteiger partial charge in [-0.2, -0.15) is 0 Å². The second kappa shape index (κ2) is 18.2. The minimum Gasteiger partial charge on any atom is -0.496 e. The third-order valence-corrected chi connectivity index (χ3v) is 4.59. The normalized spacial score (nSPS) is 10.2. The van der Waals surface area contributed by atoms with Crippen LogP contribution in [0, 0.1) is 0 Å². The van der Waals surface area contributed by atoms with Crippen molar-refractivity contribution in [2.45, 2.75) is 52.5 Å². The zero-order valence-corrected chi connectivity index (χ0v) is 19.8. The van der Waals surface area contributed by atoms with Gasteiger partial charge in [-0.3, -0.25) is 0 Å². The van der Waals surface area contributed by atoms with Gasteiger partial charge in [-0.05, 0) is 51.5 Å². The summed E-state index contributed by atoms with van der Waals surface area (Å²) in [5.41, 5.74) is 1.08. The van der Waals surface area contributed by atoms with E-state index in [1.165, 1.54) is 38.8 Å². The van der Waals surface area contributed by atoms with Crippen molar-refractivity contribution in [1.29, 1.82) is 0 Å². The number of benzene rings is 1. The van der Waals surface area contributed by atoms with Gasteiger partial charge in [-0.25, -0.2) is 0 Å². The van der Waals surface area contributed by atoms with Gasteiger partial charge in [0.25, 0.3) is 0 Å². The van der Waals surface area contributed by atoms with Crippen molar-refractivity contribution in [3.8, 4) is 17.2 Å². The molecule has 0 saturated carbocycles. The van der Waals surface area contributed by atoms with E-state index in [1.54, 1.807) is 21.3 Å². The maximum atomic E-state index is 5.49.